The molecule has 1 aromatic heterocycles. The van der Waals surface area contributed by atoms with Crippen molar-refractivity contribution in [1.29, 1.82) is 0 Å². The van der Waals surface area contributed by atoms with Crippen LogP contribution in [0.1, 0.15) is 82.5 Å². The molecule has 0 unspecified atom stereocenters. The van der Waals surface area contributed by atoms with Gasteiger partial charge in [-0.1, -0.05) is 101 Å². The fraction of sp³-hybridized carbons (Fsp3) is 0.429. The smallest absolute Gasteiger partial charge is 0.253 e. The van der Waals surface area contributed by atoms with Gasteiger partial charge < -0.3 is 10.6 Å². The molecule has 0 fully saturated rings. The topological polar surface area (TPSA) is 71.1 Å². The van der Waals surface area contributed by atoms with Gasteiger partial charge in [0.1, 0.15) is 0 Å². The molecule has 0 aliphatic heterocycles. The molecule has 5 nitrogen and oxygen atoms in total. The van der Waals surface area contributed by atoms with E-state index >= 15 is 0 Å². The molecule has 1 heterocycles. The minimum atomic E-state index is -0.279. The van der Waals surface area contributed by atoms with Crippen LogP contribution in [0.15, 0.2) is 97.4 Å². The van der Waals surface area contributed by atoms with Gasteiger partial charge in [-0.15, -0.1) is 0 Å². The van der Waals surface area contributed by atoms with Crippen molar-refractivity contribution in [3.05, 3.63) is 110 Å². The Labute approximate surface area is 263 Å². The monoisotopic (exact) mass is 608 g/mol. The summed E-state index contributed by atoms with van der Waals surface area (Å²) in [6.07, 6.45) is 36.5. The molecular weight excluding hydrogens is 559 g/mol. The maximum absolute atomic E-state index is 12.4. The summed E-state index contributed by atoms with van der Waals surface area (Å²) in [4.78, 5) is 28.4. The van der Waals surface area contributed by atoms with Gasteiger partial charge >= 0.3 is 0 Å². The highest BCUT2D eigenvalue weighted by atomic mass is 33.1. The van der Waals surface area contributed by atoms with Gasteiger partial charge in [0.2, 0.25) is 5.91 Å². The summed E-state index contributed by atoms with van der Waals surface area (Å²) in [6, 6.07) is 3.19. The van der Waals surface area contributed by atoms with Crippen molar-refractivity contribution in [1.82, 2.24) is 15.6 Å². The van der Waals surface area contributed by atoms with Crippen molar-refractivity contribution in [2.24, 2.45) is 0 Å². The normalized spacial score (nSPS) is 13.4. The molecule has 1 atom stereocenters. The Balaban J connectivity index is 2.04. The number of rotatable bonds is 22. The average Bonchev–Trinajstić information content (AvgIpc) is 2.98. The van der Waals surface area contributed by atoms with Crippen molar-refractivity contribution in [2.75, 3.05) is 12.3 Å². The van der Waals surface area contributed by atoms with E-state index < -0.39 is 0 Å². The maximum atomic E-state index is 12.4. The van der Waals surface area contributed by atoms with Crippen LogP contribution in [0, 0.1) is 6.92 Å². The Morgan fingerprint density at radius 3 is 1.98 bits per heavy atom. The number of pyridine rings is 1. The highest BCUT2D eigenvalue weighted by Crippen LogP contribution is 2.37. The fourth-order valence-electron chi connectivity index (χ4n) is 3.34. The van der Waals surface area contributed by atoms with Crippen LogP contribution >= 0.6 is 21.6 Å². The van der Waals surface area contributed by atoms with E-state index in [9.17, 15) is 9.59 Å². The molecule has 0 saturated carbocycles. The molecule has 0 aliphatic rings. The lowest BCUT2D eigenvalue weighted by atomic mass is 10.0. The molecular formula is C35H50N3O2S2. The lowest BCUT2D eigenvalue weighted by molar-refractivity contribution is -0.120. The molecule has 0 aliphatic carbocycles. The second-order valence-electron chi connectivity index (χ2n) is 10.1. The summed E-state index contributed by atoms with van der Waals surface area (Å²) in [5.41, 5.74) is 0.520. The molecule has 0 bridgehead atoms. The van der Waals surface area contributed by atoms with Crippen LogP contribution < -0.4 is 10.6 Å². The molecule has 42 heavy (non-hydrogen) atoms. The minimum Gasteiger partial charge on any atom is -0.355 e. The second kappa shape index (κ2) is 24.8. The molecule has 0 aromatic carbocycles. The predicted molar refractivity (Wildman–Crippen MR) is 185 cm³/mol. The zero-order valence-electron chi connectivity index (χ0n) is 25.7. The number of hydrogen-bond donors (Lipinski definition) is 2. The van der Waals surface area contributed by atoms with E-state index in [1.54, 1.807) is 46.1 Å². The van der Waals surface area contributed by atoms with Crippen LogP contribution in [0.5, 0.6) is 0 Å². The zero-order valence-corrected chi connectivity index (χ0v) is 27.3. The van der Waals surface area contributed by atoms with Gasteiger partial charge in [0.25, 0.3) is 5.91 Å². The van der Waals surface area contributed by atoms with Crippen LogP contribution in [0.25, 0.3) is 0 Å². The highest BCUT2D eigenvalue weighted by Gasteiger charge is 2.28. The van der Waals surface area contributed by atoms with Crippen molar-refractivity contribution >= 4 is 33.4 Å². The Kier molecular flexibility index (Phi) is 22.0. The number of hydrogen-bond acceptors (Lipinski definition) is 5. The predicted octanol–water partition coefficient (Wildman–Crippen LogP) is 8.77. The maximum Gasteiger partial charge on any atom is 0.253 e. The lowest BCUT2D eigenvalue weighted by Gasteiger charge is -2.31. The molecule has 229 valence electrons. The van der Waals surface area contributed by atoms with Gasteiger partial charge in [-0.3, -0.25) is 14.6 Å². The van der Waals surface area contributed by atoms with Crippen LogP contribution in [-0.2, 0) is 4.79 Å². The van der Waals surface area contributed by atoms with E-state index in [1.807, 2.05) is 0 Å². The Bertz CT molecular complexity index is 1040. The van der Waals surface area contributed by atoms with Crippen molar-refractivity contribution in [3.63, 3.8) is 0 Å². The average molecular weight is 609 g/mol. The Morgan fingerprint density at radius 1 is 0.905 bits per heavy atom. The summed E-state index contributed by atoms with van der Waals surface area (Å²) >= 11 is 0. The first-order chi connectivity index (χ1) is 20.4. The minimum absolute atomic E-state index is 0.0677. The molecule has 1 aromatic rings. The largest absolute Gasteiger partial charge is 0.355 e. The van der Waals surface area contributed by atoms with Gasteiger partial charge in [0.05, 0.1) is 5.56 Å². The Morgan fingerprint density at radius 2 is 1.45 bits per heavy atom. The SMILES string of the molecule is [CH2][C@@H](NC(=O)c1cccnc1)C(C)(C)SSCCNC(=O)CC/C=C\C/C=C\C/C=C\C/C=C\C/C=C\C/C=C\CC. The highest BCUT2D eigenvalue weighted by molar-refractivity contribution is 8.77. The third-order valence-corrected chi connectivity index (χ3v) is 9.33. The number of amides is 2. The standard InChI is InChI=1S/C35H50N3O2S2/c1-5-6-7-8-9-10-11-12-13-14-15-16-17-18-19-20-21-22-23-26-33(39)37-28-29-41-42-35(3,4)31(2)38-34(40)32-25-24-27-36-30-32/h6-7,9-10,12-13,15-16,18-19,21-22,24-25,27,30-31H,2,5,8,11,14,17,20,23,26,28-29H2,1,3-4H3,(H,37,39)(H,38,40)/b7-6-,10-9-,13-12-,16-15-,19-18-,22-21-/t31-/m1/s1. The van der Waals surface area contributed by atoms with E-state index in [2.05, 4.69) is 116 Å². The molecule has 2 amide bonds. The molecule has 1 radical (unpaired) electrons. The van der Waals surface area contributed by atoms with Crippen molar-refractivity contribution < 1.29 is 9.59 Å². The second-order valence-corrected chi connectivity index (χ2v) is 13.2. The quantitative estimate of drug-likeness (QED) is 0.0782. The van der Waals surface area contributed by atoms with E-state index in [-0.39, 0.29) is 22.6 Å². The first kappa shape index (κ1) is 37.3. The van der Waals surface area contributed by atoms with E-state index in [0.29, 0.717) is 18.5 Å². The molecule has 0 spiro atoms. The van der Waals surface area contributed by atoms with E-state index in [4.69, 9.17) is 0 Å². The zero-order chi connectivity index (χ0) is 30.7. The first-order valence-corrected chi connectivity index (χ1v) is 17.2. The van der Waals surface area contributed by atoms with Crippen molar-refractivity contribution in [2.45, 2.75) is 82.9 Å². The molecule has 7 heteroatoms. The lowest BCUT2D eigenvalue weighted by Crippen LogP contribution is -2.45. The number of carbonyl (C=O) groups is 2. The Hall–Kier alpha value is -2.77. The fourth-order valence-corrected chi connectivity index (χ4v) is 5.85. The van der Waals surface area contributed by atoms with Gasteiger partial charge in [0, 0.05) is 41.9 Å². The van der Waals surface area contributed by atoms with E-state index in [0.717, 1.165) is 50.7 Å². The van der Waals surface area contributed by atoms with Crippen LogP contribution in [0.4, 0.5) is 0 Å². The third-order valence-electron chi connectivity index (χ3n) is 5.98. The molecule has 1 rings (SSSR count). The molecule has 0 saturated heterocycles. The van der Waals surface area contributed by atoms with Gasteiger partial charge in [-0.05, 0) is 77.8 Å². The summed E-state index contributed by atoms with van der Waals surface area (Å²) in [6.45, 7) is 11.0. The number of nitrogens with zero attached hydrogens (tertiary/aromatic N) is 1. The van der Waals surface area contributed by atoms with Crippen LogP contribution in [0.2, 0.25) is 0 Å². The van der Waals surface area contributed by atoms with Gasteiger partial charge in [-0.25, -0.2) is 0 Å². The van der Waals surface area contributed by atoms with Crippen LogP contribution in [-0.4, -0.2) is 39.9 Å². The summed E-state index contributed by atoms with van der Waals surface area (Å²) in [5.74, 6) is 0.669. The van der Waals surface area contributed by atoms with Gasteiger partial charge in [-0.2, -0.15) is 0 Å². The molecule has 2 N–H and O–H groups in total. The van der Waals surface area contributed by atoms with Crippen molar-refractivity contribution in [3.8, 4) is 0 Å². The number of aromatic nitrogens is 1. The first-order valence-electron chi connectivity index (χ1n) is 14.9. The summed E-state index contributed by atoms with van der Waals surface area (Å²) in [5, 5.41) is 5.93. The number of carbonyl (C=O) groups excluding carboxylic acids is 2. The van der Waals surface area contributed by atoms with E-state index in [1.165, 1.54) is 0 Å². The third kappa shape index (κ3) is 20.2. The number of allylic oxidation sites excluding steroid dienone is 12. The number of nitrogens with one attached hydrogen (secondary N) is 2. The summed E-state index contributed by atoms with van der Waals surface area (Å²) < 4.78 is -0.275. The summed E-state index contributed by atoms with van der Waals surface area (Å²) in [7, 11) is 3.33. The van der Waals surface area contributed by atoms with Crippen LogP contribution in [0.3, 0.4) is 0 Å². The van der Waals surface area contributed by atoms with Gasteiger partial charge in [0.15, 0.2) is 0 Å².